The number of aromatic nitrogens is 2. The highest BCUT2D eigenvalue weighted by atomic mass is 35.5. The molecule has 2 rings (SSSR count). The third-order valence-corrected chi connectivity index (χ3v) is 2.48. The van der Waals surface area contributed by atoms with E-state index < -0.39 is 0 Å². The minimum Gasteiger partial charge on any atom is -0.396 e. The Morgan fingerprint density at radius 3 is 2.56 bits per heavy atom. The normalized spacial score (nSPS) is 10.4. The fourth-order valence-corrected chi connectivity index (χ4v) is 1.55. The Labute approximate surface area is 97.1 Å². The maximum atomic E-state index is 13.5. The molecule has 3 nitrogen and oxygen atoms in total. The summed E-state index contributed by atoms with van der Waals surface area (Å²) >= 11 is 5.89. The molecular weight excluding hydrogens is 229 g/mol. The Kier molecular flexibility index (Phi) is 3.01. The van der Waals surface area contributed by atoms with Gasteiger partial charge in [-0.2, -0.15) is 0 Å². The van der Waals surface area contributed by atoms with Crippen LogP contribution in [0.5, 0.6) is 0 Å². The molecule has 0 radical (unpaired) electrons. The van der Waals surface area contributed by atoms with Crippen LogP contribution in [0.4, 0.5) is 10.1 Å². The Morgan fingerprint density at radius 1 is 1.25 bits per heavy atom. The number of nitrogens with two attached hydrogens (primary N) is 1. The molecule has 1 heterocycles. The van der Waals surface area contributed by atoms with E-state index in [1.807, 2.05) is 0 Å². The third-order valence-electron chi connectivity index (χ3n) is 2.12. The molecule has 0 spiro atoms. The van der Waals surface area contributed by atoms with Crippen LogP contribution in [0.15, 0.2) is 30.6 Å². The smallest absolute Gasteiger partial charge is 0.132 e. The lowest BCUT2D eigenvalue weighted by Crippen LogP contribution is -2.00. The SMILES string of the molecule is Nc1cnc(Cc2c(F)cccc2Cl)nc1. The average Bonchev–Trinajstić information content (AvgIpc) is 2.26. The van der Waals surface area contributed by atoms with E-state index in [1.54, 1.807) is 12.1 Å². The van der Waals surface area contributed by atoms with E-state index in [9.17, 15) is 4.39 Å². The topological polar surface area (TPSA) is 51.8 Å². The molecule has 0 atom stereocenters. The van der Waals surface area contributed by atoms with Gasteiger partial charge in [0.05, 0.1) is 18.1 Å². The first-order valence-electron chi connectivity index (χ1n) is 4.66. The van der Waals surface area contributed by atoms with Crippen molar-refractivity contribution in [2.24, 2.45) is 0 Å². The van der Waals surface area contributed by atoms with Crippen LogP contribution in [0, 0.1) is 5.82 Å². The second kappa shape index (κ2) is 4.45. The summed E-state index contributed by atoms with van der Waals surface area (Å²) in [5, 5.41) is 0.375. The summed E-state index contributed by atoms with van der Waals surface area (Å²) in [6, 6.07) is 4.56. The van der Waals surface area contributed by atoms with Crippen LogP contribution in [0.3, 0.4) is 0 Å². The van der Waals surface area contributed by atoms with Crippen molar-refractivity contribution in [2.45, 2.75) is 6.42 Å². The first-order chi connectivity index (χ1) is 7.66. The molecule has 0 aliphatic carbocycles. The Bertz CT molecular complexity index is 479. The molecule has 0 fully saturated rings. The second-order valence-electron chi connectivity index (χ2n) is 3.31. The third kappa shape index (κ3) is 2.28. The molecular formula is C11H9ClFN3. The highest BCUT2D eigenvalue weighted by Gasteiger charge is 2.08. The monoisotopic (exact) mass is 237 g/mol. The highest BCUT2D eigenvalue weighted by molar-refractivity contribution is 6.31. The van der Waals surface area contributed by atoms with Crippen molar-refractivity contribution >= 4 is 17.3 Å². The van der Waals surface area contributed by atoms with Gasteiger partial charge in [-0.25, -0.2) is 14.4 Å². The Balaban J connectivity index is 2.30. The van der Waals surface area contributed by atoms with Crippen molar-refractivity contribution < 1.29 is 4.39 Å². The lowest BCUT2D eigenvalue weighted by Gasteiger charge is -2.04. The Morgan fingerprint density at radius 2 is 1.94 bits per heavy atom. The van der Waals surface area contributed by atoms with Gasteiger partial charge < -0.3 is 5.73 Å². The molecule has 0 saturated carbocycles. The number of anilines is 1. The van der Waals surface area contributed by atoms with Crippen molar-refractivity contribution in [1.29, 1.82) is 0 Å². The number of halogens is 2. The summed E-state index contributed by atoms with van der Waals surface area (Å²) in [6.45, 7) is 0. The zero-order valence-electron chi connectivity index (χ0n) is 8.32. The fraction of sp³-hybridized carbons (Fsp3) is 0.0909. The van der Waals surface area contributed by atoms with Crippen LogP contribution >= 0.6 is 11.6 Å². The molecule has 0 amide bonds. The molecule has 2 aromatic rings. The van der Waals surface area contributed by atoms with Gasteiger partial charge in [0.15, 0.2) is 0 Å². The minimum absolute atomic E-state index is 0.256. The zero-order chi connectivity index (χ0) is 11.5. The second-order valence-corrected chi connectivity index (χ2v) is 3.72. The predicted molar refractivity (Wildman–Crippen MR) is 60.7 cm³/mol. The summed E-state index contributed by atoms with van der Waals surface area (Å²) in [4.78, 5) is 7.99. The van der Waals surface area contributed by atoms with Crippen LogP contribution in [0.1, 0.15) is 11.4 Å². The zero-order valence-corrected chi connectivity index (χ0v) is 9.08. The maximum absolute atomic E-state index is 13.5. The number of hydrogen-bond acceptors (Lipinski definition) is 3. The standard InChI is InChI=1S/C11H9ClFN3/c12-9-2-1-3-10(13)8(9)4-11-15-5-7(14)6-16-11/h1-3,5-6H,4,14H2. The van der Waals surface area contributed by atoms with Gasteiger partial charge in [-0.3, -0.25) is 0 Å². The van der Waals surface area contributed by atoms with E-state index in [4.69, 9.17) is 17.3 Å². The lowest BCUT2D eigenvalue weighted by molar-refractivity contribution is 0.612. The molecule has 16 heavy (non-hydrogen) atoms. The van der Waals surface area contributed by atoms with Crippen LogP contribution in [-0.2, 0) is 6.42 Å². The maximum Gasteiger partial charge on any atom is 0.132 e. The van der Waals surface area contributed by atoms with Gasteiger partial charge >= 0.3 is 0 Å². The first-order valence-corrected chi connectivity index (χ1v) is 5.04. The molecule has 0 aliphatic rings. The van der Waals surface area contributed by atoms with Crippen LogP contribution in [0.25, 0.3) is 0 Å². The average molecular weight is 238 g/mol. The van der Waals surface area contributed by atoms with Gasteiger partial charge in [0, 0.05) is 17.0 Å². The molecule has 5 heteroatoms. The minimum atomic E-state index is -0.354. The molecule has 0 saturated heterocycles. The molecule has 0 bridgehead atoms. The summed E-state index contributed by atoms with van der Waals surface area (Å²) < 4.78 is 13.5. The number of benzene rings is 1. The van der Waals surface area contributed by atoms with Gasteiger partial charge in [-0.15, -0.1) is 0 Å². The van der Waals surface area contributed by atoms with Crippen LogP contribution in [0.2, 0.25) is 5.02 Å². The molecule has 1 aromatic heterocycles. The van der Waals surface area contributed by atoms with Crippen molar-refractivity contribution in [2.75, 3.05) is 5.73 Å². The number of hydrogen-bond donors (Lipinski definition) is 1. The molecule has 1 aromatic carbocycles. The van der Waals surface area contributed by atoms with Gasteiger partial charge in [0.2, 0.25) is 0 Å². The van der Waals surface area contributed by atoms with E-state index in [2.05, 4.69) is 9.97 Å². The van der Waals surface area contributed by atoms with Crippen LogP contribution in [-0.4, -0.2) is 9.97 Å². The largest absolute Gasteiger partial charge is 0.396 e. The molecule has 2 N–H and O–H groups in total. The van der Waals surface area contributed by atoms with E-state index in [0.717, 1.165) is 0 Å². The lowest BCUT2D eigenvalue weighted by atomic mass is 10.1. The fourth-order valence-electron chi connectivity index (χ4n) is 1.32. The summed E-state index contributed by atoms with van der Waals surface area (Å²) in [5.74, 6) is 0.133. The van der Waals surface area contributed by atoms with E-state index in [0.29, 0.717) is 22.1 Å². The van der Waals surface area contributed by atoms with Gasteiger partial charge in [-0.05, 0) is 12.1 Å². The summed E-state index contributed by atoms with van der Waals surface area (Å²) in [6.07, 6.45) is 3.22. The van der Waals surface area contributed by atoms with Crippen LogP contribution < -0.4 is 5.73 Å². The van der Waals surface area contributed by atoms with Gasteiger partial charge in [0.1, 0.15) is 11.6 Å². The molecule has 0 unspecified atom stereocenters. The van der Waals surface area contributed by atoms with Gasteiger partial charge in [-0.1, -0.05) is 17.7 Å². The van der Waals surface area contributed by atoms with Gasteiger partial charge in [0.25, 0.3) is 0 Å². The predicted octanol–water partition coefficient (Wildman–Crippen LogP) is 2.44. The van der Waals surface area contributed by atoms with Crippen molar-refractivity contribution in [1.82, 2.24) is 9.97 Å². The number of rotatable bonds is 2. The summed E-state index contributed by atoms with van der Waals surface area (Å²) in [7, 11) is 0. The van der Waals surface area contributed by atoms with Crippen molar-refractivity contribution in [3.8, 4) is 0 Å². The summed E-state index contributed by atoms with van der Waals surface area (Å²) in [5.41, 5.74) is 6.33. The highest BCUT2D eigenvalue weighted by Crippen LogP contribution is 2.20. The Hall–Kier alpha value is -1.68. The van der Waals surface area contributed by atoms with Crippen molar-refractivity contribution in [3.63, 3.8) is 0 Å². The number of nitrogen functional groups attached to an aromatic ring is 1. The number of nitrogens with zero attached hydrogens (tertiary/aromatic N) is 2. The molecule has 82 valence electrons. The first kappa shape index (κ1) is 10.8. The van der Waals surface area contributed by atoms with E-state index >= 15 is 0 Å². The van der Waals surface area contributed by atoms with E-state index in [-0.39, 0.29) is 12.2 Å². The van der Waals surface area contributed by atoms with E-state index in [1.165, 1.54) is 18.5 Å². The van der Waals surface area contributed by atoms with Crippen molar-refractivity contribution in [3.05, 3.63) is 52.8 Å². The quantitative estimate of drug-likeness (QED) is 0.873. The molecule has 0 aliphatic heterocycles.